The first-order valence-electron chi connectivity index (χ1n) is 10.0. The number of aryl methyl sites for hydroxylation is 1. The van der Waals surface area contributed by atoms with Gasteiger partial charge in [0, 0.05) is 30.8 Å². The number of piperidine rings is 1. The van der Waals surface area contributed by atoms with E-state index >= 15 is 0 Å². The van der Waals surface area contributed by atoms with Crippen LogP contribution in [0.3, 0.4) is 0 Å². The van der Waals surface area contributed by atoms with Gasteiger partial charge in [-0.25, -0.2) is 9.37 Å². The van der Waals surface area contributed by atoms with Crippen LogP contribution in [0.25, 0.3) is 11.3 Å². The van der Waals surface area contributed by atoms with Gasteiger partial charge in [0.1, 0.15) is 5.82 Å². The number of hydrogen-bond donors (Lipinski definition) is 0. The Balaban J connectivity index is 1.39. The van der Waals surface area contributed by atoms with E-state index in [2.05, 4.69) is 24.0 Å². The fourth-order valence-corrected chi connectivity index (χ4v) is 3.88. The molecule has 29 heavy (non-hydrogen) atoms. The van der Waals surface area contributed by atoms with Crippen molar-refractivity contribution in [2.24, 2.45) is 0 Å². The van der Waals surface area contributed by atoms with E-state index in [4.69, 9.17) is 4.98 Å². The van der Waals surface area contributed by atoms with Crippen LogP contribution >= 0.6 is 0 Å². The summed E-state index contributed by atoms with van der Waals surface area (Å²) >= 11 is 0. The number of hydrogen-bond acceptors (Lipinski definition) is 3. The third-order valence-electron chi connectivity index (χ3n) is 5.61. The largest absolute Gasteiger partial charge is 0.342 e. The zero-order chi connectivity index (χ0) is 20.2. The van der Waals surface area contributed by atoms with Gasteiger partial charge >= 0.3 is 0 Å². The van der Waals surface area contributed by atoms with Gasteiger partial charge in [-0.3, -0.25) is 9.78 Å². The third-order valence-corrected chi connectivity index (χ3v) is 5.61. The fraction of sp³-hybridized carbons (Fsp3) is 0.292. The highest BCUT2D eigenvalue weighted by Crippen LogP contribution is 2.29. The molecule has 5 heteroatoms. The molecule has 4 rings (SSSR count). The summed E-state index contributed by atoms with van der Waals surface area (Å²) in [4.78, 5) is 23.8. The quantitative estimate of drug-likeness (QED) is 0.658. The molecule has 0 spiro atoms. The van der Waals surface area contributed by atoms with Gasteiger partial charge in [-0.05, 0) is 43.0 Å². The Morgan fingerprint density at radius 2 is 1.79 bits per heavy atom. The lowest BCUT2D eigenvalue weighted by molar-refractivity contribution is -0.131. The van der Waals surface area contributed by atoms with Crippen LogP contribution in [0, 0.1) is 12.7 Å². The van der Waals surface area contributed by atoms with Crippen LogP contribution in [0.2, 0.25) is 0 Å². The van der Waals surface area contributed by atoms with E-state index in [0.29, 0.717) is 25.4 Å². The summed E-state index contributed by atoms with van der Waals surface area (Å²) in [6.07, 6.45) is 5.73. The molecule has 148 valence electrons. The lowest BCUT2D eigenvalue weighted by atomic mass is 9.93. The zero-order valence-corrected chi connectivity index (χ0v) is 16.5. The van der Waals surface area contributed by atoms with Crippen molar-refractivity contribution in [3.63, 3.8) is 0 Å². The van der Waals surface area contributed by atoms with Gasteiger partial charge < -0.3 is 4.90 Å². The molecule has 0 atom stereocenters. The molecule has 0 aliphatic carbocycles. The Morgan fingerprint density at radius 1 is 1.07 bits per heavy atom. The maximum Gasteiger partial charge on any atom is 0.226 e. The number of benzene rings is 2. The number of carbonyl (C=O) groups is 1. The van der Waals surface area contributed by atoms with E-state index in [1.165, 1.54) is 17.7 Å². The molecule has 0 saturated carbocycles. The second-order valence-corrected chi connectivity index (χ2v) is 7.60. The summed E-state index contributed by atoms with van der Waals surface area (Å²) < 4.78 is 13.0. The van der Waals surface area contributed by atoms with Crippen molar-refractivity contribution in [3.8, 4) is 11.3 Å². The van der Waals surface area contributed by atoms with Crippen molar-refractivity contribution < 1.29 is 9.18 Å². The maximum absolute atomic E-state index is 13.0. The first-order valence-corrected chi connectivity index (χ1v) is 10.0. The van der Waals surface area contributed by atoms with Crippen LogP contribution in [-0.4, -0.2) is 33.9 Å². The normalized spacial score (nSPS) is 14.8. The molecule has 3 aromatic rings. The van der Waals surface area contributed by atoms with E-state index in [1.54, 1.807) is 12.1 Å². The van der Waals surface area contributed by atoms with Gasteiger partial charge in [0.25, 0.3) is 0 Å². The highest BCUT2D eigenvalue weighted by Gasteiger charge is 2.25. The molecule has 1 aromatic heterocycles. The molecule has 1 aliphatic heterocycles. The van der Waals surface area contributed by atoms with Crippen molar-refractivity contribution in [3.05, 3.63) is 83.6 Å². The Morgan fingerprint density at radius 3 is 2.52 bits per heavy atom. The molecule has 2 aromatic carbocycles. The predicted octanol–water partition coefficient (Wildman–Crippen LogP) is 4.54. The number of aromatic nitrogens is 2. The van der Waals surface area contributed by atoms with Gasteiger partial charge in [-0.1, -0.05) is 36.4 Å². The summed E-state index contributed by atoms with van der Waals surface area (Å²) in [6, 6.07) is 14.3. The zero-order valence-electron chi connectivity index (χ0n) is 16.5. The number of amides is 1. The standard InChI is InChI=1S/C24H24FN3O/c1-17-4-2-3-5-21(17)23-16-26-15-22(27-23)19-10-12-28(13-11-19)24(29)14-18-6-8-20(25)9-7-18/h2-9,15-16,19H,10-14H2,1H3. The number of halogens is 1. The molecule has 1 amide bonds. The van der Waals surface area contributed by atoms with Crippen LogP contribution in [0.4, 0.5) is 4.39 Å². The Hall–Kier alpha value is -3.08. The molecular weight excluding hydrogens is 365 g/mol. The highest BCUT2D eigenvalue weighted by atomic mass is 19.1. The van der Waals surface area contributed by atoms with Crippen molar-refractivity contribution in [1.29, 1.82) is 0 Å². The van der Waals surface area contributed by atoms with Crippen LogP contribution in [0.5, 0.6) is 0 Å². The lowest BCUT2D eigenvalue weighted by Gasteiger charge is -2.32. The monoisotopic (exact) mass is 389 g/mol. The van der Waals surface area contributed by atoms with Gasteiger partial charge in [0.05, 0.1) is 24.0 Å². The van der Waals surface area contributed by atoms with Crippen molar-refractivity contribution in [2.45, 2.75) is 32.1 Å². The molecule has 0 unspecified atom stereocenters. The van der Waals surface area contributed by atoms with Gasteiger partial charge in [-0.15, -0.1) is 0 Å². The summed E-state index contributed by atoms with van der Waals surface area (Å²) in [6.45, 7) is 3.50. The van der Waals surface area contributed by atoms with Crippen LogP contribution in [-0.2, 0) is 11.2 Å². The molecule has 0 radical (unpaired) electrons. The Kier molecular flexibility index (Phi) is 5.65. The lowest BCUT2D eigenvalue weighted by Crippen LogP contribution is -2.39. The van der Waals surface area contributed by atoms with Crippen molar-refractivity contribution in [1.82, 2.24) is 14.9 Å². The summed E-state index contributed by atoms with van der Waals surface area (Å²) in [5, 5.41) is 0. The van der Waals surface area contributed by atoms with E-state index in [1.807, 2.05) is 29.4 Å². The average molecular weight is 389 g/mol. The minimum Gasteiger partial charge on any atom is -0.342 e. The second kappa shape index (κ2) is 8.52. The summed E-state index contributed by atoms with van der Waals surface area (Å²) in [7, 11) is 0. The van der Waals surface area contributed by atoms with E-state index in [0.717, 1.165) is 35.4 Å². The fourth-order valence-electron chi connectivity index (χ4n) is 3.88. The van der Waals surface area contributed by atoms with E-state index < -0.39 is 0 Å². The molecule has 1 fully saturated rings. The van der Waals surface area contributed by atoms with Crippen molar-refractivity contribution in [2.75, 3.05) is 13.1 Å². The van der Waals surface area contributed by atoms with Crippen LogP contribution in [0.15, 0.2) is 60.9 Å². The molecule has 0 bridgehead atoms. The first-order chi connectivity index (χ1) is 14.1. The number of nitrogens with zero attached hydrogens (tertiary/aromatic N) is 3. The number of rotatable bonds is 4. The van der Waals surface area contributed by atoms with Crippen molar-refractivity contribution >= 4 is 5.91 Å². The smallest absolute Gasteiger partial charge is 0.226 e. The molecule has 1 aliphatic rings. The molecule has 0 N–H and O–H groups in total. The minimum atomic E-state index is -0.281. The van der Waals surface area contributed by atoms with E-state index in [9.17, 15) is 9.18 Å². The molecule has 4 nitrogen and oxygen atoms in total. The predicted molar refractivity (Wildman–Crippen MR) is 111 cm³/mol. The first kappa shape index (κ1) is 19.2. The average Bonchev–Trinajstić information content (AvgIpc) is 2.76. The topological polar surface area (TPSA) is 46.1 Å². The van der Waals surface area contributed by atoms with Crippen LogP contribution in [0.1, 0.15) is 35.6 Å². The van der Waals surface area contributed by atoms with Gasteiger partial charge in [0.15, 0.2) is 0 Å². The highest BCUT2D eigenvalue weighted by molar-refractivity contribution is 5.78. The summed E-state index contributed by atoms with van der Waals surface area (Å²) in [5.74, 6) is 0.118. The van der Waals surface area contributed by atoms with Gasteiger partial charge in [-0.2, -0.15) is 0 Å². The maximum atomic E-state index is 13.0. The molecule has 2 heterocycles. The number of likely N-dealkylation sites (tertiary alicyclic amines) is 1. The van der Waals surface area contributed by atoms with Gasteiger partial charge in [0.2, 0.25) is 5.91 Å². The minimum absolute atomic E-state index is 0.0924. The molecule has 1 saturated heterocycles. The molecular formula is C24H24FN3O. The SMILES string of the molecule is Cc1ccccc1-c1cncc(C2CCN(C(=O)Cc3ccc(F)cc3)CC2)n1. The Labute approximate surface area is 170 Å². The summed E-state index contributed by atoms with van der Waals surface area (Å²) in [5.41, 5.74) is 5.02. The Bertz CT molecular complexity index is 995. The van der Waals surface area contributed by atoms with E-state index in [-0.39, 0.29) is 11.7 Å². The third kappa shape index (κ3) is 4.50. The van der Waals surface area contributed by atoms with Crippen LogP contribution < -0.4 is 0 Å². The second-order valence-electron chi connectivity index (χ2n) is 7.60. The number of carbonyl (C=O) groups excluding carboxylic acids is 1.